The van der Waals surface area contributed by atoms with Crippen LogP contribution in [0.4, 0.5) is 0 Å². The van der Waals surface area contributed by atoms with Crippen molar-refractivity contribution >= 4 is 22.1 Å². The van der Waals surface area contributed by atoms with E-state index < -0.39 is 0 Å². The van der Waals surface area contributed by atoms with Crippen molar-refractivity contribution in [2.75, 3.05) is 13.2 Å². The minimum absolute atomic E-state index is 0.500. The molecule has 11 aliphatic rings. The summed E-state index contributed by atoms with van der Waals surface area (Å²) in [6, 6.07) is 35.2. The van der Waals surface area contributed by atoms with Crippen LogP contribution in [-0.2, 0) is 4.74 Å². The molecule has 99 heavy (non-hydrogen) atoms. The van der Waals surface area contributed by atoms with Gasteiger partial charge in [-0.05, 0) is 189 Å². The molecule has 0 spiro atoms. The van der Waals surface area contributed by atoms with Gasteiger partial charge in [-0.25, -0.2) is 0 Å². The van der Waals surface area contributed by atoms with Crippen molar-refractivity contribution in [1.82, 2.24) is 4.98 Å². The number of fused-ring (bicyclic) bond motifs is 3. The smallest absolute Gasteiger partial charge is 0.0492 e. The van der Waals surface area contributed by atoms with Gasteiger partial charge in [0, 0.05) is 30.0 Å². The molecule has 2 aromatic heterocycles. The van der Waals surface area contributed by atoms with Crippen molar-refractivity contribution in [3.8, 4) is 0 Å². The fourth-order valence-electron chi connectivity index (χ4n) is 14.1. The van der Waals surface area contributed by atoms with Crippen molar-refractivity contribution in [2.24, 2.45) is 88.3 Å². The number of nitrogens with zero attached hydrogens (tertiary/aromatic N) is 1. The molecule has 1 saturated heterocycles. The van der Waals surface area contributed by atoms with Crippen LogP contribution in [0.25, 0.3) is 10.8 Å². The highest BCUT2D eigenvalue weighted by molar-refractivity contribution is 7.09. The zero-order chi connectivity index (χ0) is 73.1. The Bertz CT molecular complexity index is 2400. The van der Waals surface area contributed by atoms with Gasteiger partial charge >= 0.3 is 0 Å². The summed E-state index contributed by atoms with van der Waals surface area (Å²) in [5, 5.41) is 4.72. The Labute approximate surface area is 622 Å². The molecule has 1 aliphatic heterocycles. The summed E-state index contributed by atoms with van der Waals surface area (Å²) >= 11 is 1.78. The molecule has 16 rings (SSSR count). The van der Waals surface area contributed by atoms with Crippen molar-refractivity contribution < 1.29 is 4.74 Å². The number of hydrogen-bond acceptors (Lipinski definition) is 3. The molecular formula is C96H165NOS. The van der Waals surface area contributed by atoms with Gasteiger partial charge < -0.3 is 4.74 Å². The second-order valence-corrected chi connectivity index (χ2v) is 36.5. The predicted molar refractivity (Wildman–Crippen MR) is 448 cm³/mol. The molecule has 10 saturated carbocycles. The summed E-state index contributed by atoms with van der Waals surface area (Å²) in [5.74, 6) is 15.0. The van der Waals surface area contributed by atoms with Crippen LogP contribution in [-0.4, -0.2) is 18.2 Å². The maximum absolute atomic E-state index is 5.06. The average molecular weight is 1380 g/mol. The minimum Gasteiger partial charge on any atom is -0.381 e. The third-order valence-corrected chi connectivity index (χ3v) is 22.7. The average Bonchev–Trinajstić information content (AvgIpc) is 1.65. The van der Waals surface area contributed by atoms with Crippen molar-refractivity contribution in [3.63, 3.8) is 0 Å². The van der Waals surface area contributed by atoms with E-state index in [2.05, 4.69) is 209 Å². The first-order valence-electron chi connectivity index (χ1n) is 42.3. The largest absolute Gasteiger partial charge is 0.381 e. The number of hydrogen-bond donors (Lipinski definition) is 0. The van der Waals surface area contributed by atoms with Gasteiger partial charge in [0.15, 0.2) is 0 Å². The second-order valence-electron chi connectivity index (χ2n) is 35.4. The first kappa shape index (κ1) is 91.8. The SMILES string of the molecule is CC(C)(C)C.CC1CC2CC2C1.CC1CCC(C)CC1.CC1CCC1.CC1CCC1.CC1CCC2CC12.CC1CCCC1.CC1CCCCC1.CC1CCCCC1.CC1CCOC1.CCCCC.Cc1ccc2ccccc2c1.Cc1ccccc1.Cc1ccccn1.Cc1cccs1. The molecule has 3 aromatic carbocycles. The summed E-state index contributed by atoms with van der Waals surface area (Å²) in [7, 11) is 0. The third-order valence-electron chi connectivity index (χ3n) is 21.9. The molecular weight excluding hydrogens is 1220 g/mol. The zero-order valence-electron chi connectivity index (χ0n) is 69.3. The fourth-order valence-corrected chi connectivity index (χ4v) is 14.6. The van der Waals surface area contributed by atoms with Gasteiger partial charge in [-0.2, -0.15) is 0 Å². The summed E-state index contributed by atoms with van der Waals surface area (Å²) in [6.45, 7) is 46.8. The molecule has 11 fully saturated rings. The summed E-state index contributed by atoms with van der Waals surface area (Å²) < 4.78 is 5.06. The van der Waals surface area contributed by atoms with Crippen LogP contribution in [0, 0.1) is 116 Å². The number of aromatic nitrogens is 1. The van der Waals surface area contributed by atoms with Crippen molar-refractivity contribution in [2.45, 2.75) is 357 Å². The van der Waals surface area contributed by atoms with Gasteiger partial charge in [0.25, 0.3) is 0 Å². The normalized spacial score (nSPS) is 25.0. The van der Waals surface area contributed by atoms with Crippen molar-refractivity contribution in [1.29, 1.82) is 0 Å². The predicted octanol–water partition coefficient (Wildman–Crippen LogP) is 31.8. The van der Waals surface area contributed by atoms with Gasteiger partial charge in [-0.3, -0.25) is 4.98 Å². The number of aryl methyl sites for hydroxylation is 4. The zero-order valence-corrected chi connectivity index (χ0v) is 70.1. The van der Waals surface area contributed by atoms with Gasteiger partial charge in [-0.15, -0.1) is 11.3 Å². The number of ether oxygens (including phenoxy) is 1. The van der Waals surface area contributed by atoms with E-state index in [4.69, 9.17) is 4.74 Å². The first-order valence-corrected chi connectivity index (χ1v) is 43.2. The maximum Gasteiger partial charge on any atom is 0.0492 e. The van der Waals surface area contributed by atoms with Crippen LogP contribution in [0.2, 0.25) is 0 Å². The van der Waals surface area contributed by atoms with Crippen LogP contribution in [0.15, 0.2) is 115 Å². The van der Waals surface area contributed by atoms with E-state index in [0.717, 1.165) is 78.1 Å². The van der Waals surface area contributed by atoms with E-state index in [9.17, 15) is 0 Å². The van der Waals surface area contributed by atoms with E-state index >= 15 is 0 Å². The lowest BCUT2D eigenvalue weighted by atomic mass is 9.84. The Hall–Kier alpha value is -3.27. The van der Waals surface area contributed by atoms with Gasteiger partial charge in [0.2, 0.25) is 0 Å². The van der Waals surface area contributed by atoms with E-state index in [1.807, 2.05) is 43.3 Å². The number of rotatable bonds is 2. The lowest BCUT2D eigenvalue weighted by molar-refractivity contribution is 0.188. The van der Waals surface area contributed by atoms with Gasteiger partial charge in [0.05, 0.1) is 0 Å². The molecule has 3 heteroatoms. The van der Waals surface area contributed by atoms with Gasteiger partial charge in [-0.1, -0.05) is 387 Å². The molecule has 0 bridgehead atoms. The van der Waals surface area contributed by atoms with Crippen LogP contribution in [0.1, 0.15) is 351 Å². The first-order chi connectivity index (χ1) is 47.3. The number of pyridine rings is 1. The molecule has 0 radical (unpaired) electrons. The quantitative estimate of drug-likeness (QED) is 0.176. The minimum atomic E-state index is 0.500. The molecule has 0 N–H and O–H groups in total. The molecule has 3 heterocycles. The molecule has 6 unspecified atom stereocenters. The summed E-state index contributed by atoms with van der Waals surface area (Å²) in [6.07, 6.45) is 52.1. The lowest BCUT2D eigenvalue weighted by Crippen LogP contribution is -2.08. The highest BCUT2D eigenvalue weighted by Crippen LogP contribution is 2.55. The lowest BCUT2D eigenvalue weighted by Gasteiger charge is -2.22. The number of thiophene rings is 1. The standard InChI is InChI=1S/C11H10.C8H16.2C7H12.2C7H14.C7H8.C6H7N.C6H12.C5H10O.C5H6S.2C5H10.2C5H12/c1-9-6-7-10-4-2-3-5-11(10)8-9;1-7-3-5-8(2)6-4-7;1-5-2-6-4-7(6)3-5;1-5-2-3-6-4-7(5)6;3*1-7-5-3-2-4-6-7;1-6-4-2-3-5-7-6;1-6-4-2-3-5-6;1-5-2-3-6-4-5;1-5-3-2-4-6-5;2*1-5-3-2-4-5;1-5(2,3)4;1-3-5-4-2/h2-8H,1H3;7-8H,3-6H2,1-2H3;2*5-7H,2-4H2,1H3;2*7H,2-6H2,1H3;2-6H,1H3;2-5H,1H3;6H,2-5H2,1H3;5H,2-4H2,1H3;2-4H,1H3;2*5H,2-4H2,1H3;1-4H3;3-5H2,1-2H3. The number of unbranched alkanes of at least 4 members (excludes halogenated alkanes) is 2. The molecule has 566 valence electrons. The van der Waals surface area contributed by atoms with Crippen LogP contribution in [0.5, 0.6) is 0 Å². The van der Waals surface area contributed by atoms with E-state index in [-0.39, 0.29) is 0 Å². The summed E-state index contributed by atoms with van der Waals surface area (Å²) in [4.78, 5) is 5.36. The third kappa shape index (κ3) is 54.1. The van der Waals surface area contributed by atoms with Crippen LogP contribution >= 0.6 is 11.3 Å². The Morgan fingerprint density at radius 2 is 0.828 bits per heavy atom. The highest BCUT2D eigenvalue weighted by atomic mass is 32.1. The highest BCUT2D eigenvalue weighted by Gasteiger charge is 2.45. The second kappa shape index (κ2) is 57.1. The van der Waals surface area contributed by atoms with Crippen LogP contribution < -0.4 is 0 Å². The molecule has 5 aromatic rings. The van der Waals surface area contributed by atoms with Crippen LogP contribution in [0.3, 0.4) is 0 Å². The van der Waals surface area contributed by atoms with E-state index in [1.165, 1.54) is 237 Å². The topological polar surface area (TPSA) is 22.1 Å². The molecule has 2 nitrogen and oxygen atoms in total. The Kier molecular flexibility index (Phi) is 53.0. The Morgan fingerprint density at radius 3 is 1.05 bits per heavy atom. The van der Waals surface area contributed by atoms with E-state index in [0.29, 0.717) is 5.41 Å². The summed E-state index contributed by atoms with van der Waals surface area (Å²) in [5.41, 5.74) is 4.22. The molecule has 10 aliphatic carbocycles. The Morgan fingerprint density at radius 1 is 0.384 bits per heavy atom. The Balaban J connectivity index is 0.000000363. The van der Waals surface area contributed by atoms with E-state index in [1.54, 1.807) is 49.6 Å². The fraction of sp³-hybridized carbons (Fsp3) is 0.740. The van der Waals surface area contributed by atoms with Crippen molar-refractivity contribution in [3.05, 3.63) is 136 Å². The maximum atomic E-state index is 5.06. The van der Waals surface area contributed by atoms with Gasteiger partial charge in [0.1, 0.15) is 0 Å². The number of benzene rings is 3. The molecule has 6 atom stereocenters. The monoisotopic (exact) mass is 1380 g/mol. The molecule has 0 amide bonds.